The minimum absolute atomic E-state index is 0.148. The second-order valence-corrected chi connectivity index (χ2v) is 2.91. The predicted octanol–water partition coefficient (Wildman–Crippen LogP) is 2.05. The highest BCUT2D eigenvalue weighted by Crippen LogP contribution is 2.26. The molecule has 74 valence electrons. The average Bonchev–Trinajstić information content (AvgIpc) is 2.21. The van der Waals surface area contributed by atoms with E-state index in [9.17, 15) is 5.11 Å². The molecule has 0 fully saturated rings. The number of thiocarbonyl (C=S) groups is 1. The Morgan fingerprint density at radius 1 is 1.57 bits per heavy atom. The lowest BCUT2D eigenvalue weighted by Crippen LogP contribution is -1.91. The van der Waals surface area contributed by atoms with E-state index in [1.54, 1.807) is 12.1 Å². The third-order valence-electron chi connectivity index (χ3n) is 1.82. The summed E-state index contributed by atoms with van der Waals surface area (Å²) in [7, 11) is 1.52. The van der Waals surface area contributed by atoms with Gasteiger partial charge in [0.1, 0.15) is 0 Å². The summed E-state index contributed by atoms with van der Waals surface area (Å²) in [6.45, 7) is 0.609. The van der Waals surface area contributed by atoms with Crippen LogP contribution in [0.3, 0.4) is 0 Å². The van der Waals surface area contributed by atoms with Crippen molar-refractivity contribution in [2.24, 2.45) is 4.99 Å². The number of ether oxygens (including phenoxy) is 1. The lowest BCUT2D eigenvalue weighted by Gasteiger charge is -2.04. The van der Waals surface area contributed by atoms with Crippen molar-refractivity contribution in [3.05, 3.63) is 23.8 Å². The number of isothiocyanates is 1. The second kappa shape index (κ2) is 5.37. The van der Waals surface area contributed by atoms with Crippen LogP contribution in [-0.2, 0) is 6.42 Å². The molecule has 0 aliphatic heterocycles. The maximum absolute atomic E-state index is 9.33. The Balaban J connectivity index is 2.73. The lowest BCUT2D eigenvalue weighted by molar-refractivity contribution is 0.373. The predicted molar refractivity (Wildman–Crippen MR) is 58.3 cm³/mol. The molecule has 4 heteroatoms. The van der Waals surface area contributed by atoms with Crippen molar-refractivity contribution in [3.8, 4) is 11.5 Å². The molecule has 0 unspecified atom stereocenters. The zero-order valence-electron chi connectivity index (χ0n) is 7.86. The zero-order valence-corrected chi connectivity index (χ0v) is 8.67. The maximum Gasteiger partial charge on any atom is 0.160 e. The summed E-state index contributed by atoms with van der Waals surface area (Å²) in [5, 5.41) is 11.6. The SMILES string of the molecule is COc1cc(CCN=C=S)ccc1O. The molecular formula is C10H11NO2S. The quantitative estimate of drug-likeness (QED) is 0.609. The molecule has 1 aromatic rings. The normalized spacial score (nSPS) is 9.21. The molecule has 0 bridgehead atoms. The molecule has 0 amide bonds. The van der Waals surface area contributed by atoms with Gasteiger partial charge >= 0.3 is 0 Å². The van der Waals surface area contributed by atoms with Crippen LogP contribution in [0.15, 0.2) is 23.2 Å². The maximum atomic E-state index is 9.33. The van der Waals surface area contributed by atoms with Gasteiger partial charge in [0.05, 0.1) is 18.8 Å². The summed E-state index contributed by atoms with van der Waals surface area (Å²) in [6.07, 6.45) is 0.764. The van der Waals surface area contributed by atoms with Gasteiger partial charge < -0.3 is 9.84 Å². The highest BCUT2D eigenvalue weighted by Gasteiger charge is 2.01. The molecule has 0 aliphatic carbocycles. The van der Waals surface area contributed by atoms with Crippen LogP contribution in [0.25, 0.3) is 0 Å². The number of methoxy groups -OCH3 is 1. The minimum Gasteiger partial charge on any atom is -0.504 e. The largest absolute Gasteiger partial charge is 0.504 e. The Morgan fingerprint density at radius 2 is 2.36 bits per heavy atom. The summed E-state index contributed by atoms with van der Waals surface area (Å²) in [6, 6.07) is 5.22. The van der Waals surface area contributed by atoms with E-state index in [2.05, 4.69) is 22.4 Å². The van der Waals surface area contributed by atoms with E-state index in [1.807, 2.05) is 6.07 Å². The number of benzene rings is 1. The van der Waals surface area contributed by atoms with Gasteiger partial charge in [0, 0.05) is 0 Å². The molecule has 3 nitrogen and oxygen atoms in total. The summed E-state index contributed by atoms with van der Waals surface area (Å²) in [5.74, 6) is 0.628. The number of hydrogen-bond donors (Lipinski definition) is 1. The van der Waals surface area contributed by atoms with Crippen molar-refractivity contribution < 1.29 is 9.84 Å². The molecule has 0 atom stereocenters. The molecule has 1 N–H and O–H groups in total. The second-order valence-electron chi connectivity index (χ2n) is 2.73. The number of aliphatic imine (C=N–C) groups is 1. The first-order valence-electron chi connectivity index (χ1n) is 4.17. The Morgan fingerprint density at radius 3 is 3.00 bits per heavy atom. The van der Waals surface area contributed by atoms with E-state index < -0.39 is 0 Å². The van der Waals surface area contributed by atoms with Crippen LogP contribution in [0.4, 0.5) is 0 Å². The van der Waals surface area contributed by atoms with Gasteiger partial charge in [0.2, 0.25) is 0 Å². The highest BCUT2D eigenvalue weighted by atomic mass is 32.1. The van der Waals surface area contributed by atoms with E-state index in [4.69, 9.17) is 4.74 Å². The molecule has 0 spiro atoms. The summed E-state index contributed by atoms with van der Waals surface area (Å²) in [4.78, 5) is 3.81. The molecule has 0 saturated carbocycles. The standard InChI is InChI=1S/C10H11NO2S/c1-13-10-6-8(2-3-9(10)12)4-5-11-7-14/h2-3,6,12H,4-5H2,1H3. The van der Waals surface area contributed by atoms with E-state index in [-0.39, 0.29) is 5.75 Å². The molecule has 1 aromatic carbocycles. The smallest absolute Gasteiger partial charge is 0.160 e. The molecule has 0 heterocycles. The van der Waals surface area contributed by atoms with Gasteiger partial charge in [-0.1, -0.05) is 6.07 Å². The van der Waals surface area contributed by atoms with Crippen molar-refractivity contribution in [2.45, 2.75) is 6.42 Å². The van der Waals surface area contributed by atoms with Gasteiger partial charge in [0.15, 0.2) is 11.5 Å². The summed E-state index contributed by atoms with van der Waals surface area (Å²) >= 11 is 4.46. The summed E-state index contributed by atoms with van der Waals surface area (Å²) in [5.41, 5.74) is 1.05. The van der Waals surface area contributed by atoms with Gasteiger partial charge in [-0.2, -0.15) is 0 Å². The van der Waals surface area contributed by atoms with Gasteiger partial charge in [-0.3, -0.25) is 0 Å². The Kier molecular flexibility index (Phi) is 4.11. The fourth-order valence-electron chi connectivity index (χ4n) is 1.11. The van der Waals surface area contributed by atoms with Crippen LogP contribution in [0, 0.1) is 0 Å². The van der Waals surface area contributed by atoms with E-state index in [0.717, 1.165) is 12.0 Å². The van der Waals surface area contributed by atoms with E-state index in [0.29, 0.717) is 12.3 Å². The van der Waals surface area contributed by atoms with E-state index >= 15 is 0 Å². The van der Waals surface area contributed by atoms with Gasteiger partial charge in [-0.25, -0.2) is 4.99 Å². The number of aromatic hydroxyl groups is 1. The summed E-state index contributed by atoms with van der Waals surface area (Å²) < 4.78 is 4.98. The fourth-order valence-corrected chi connectivity index (χ4v) is 1.20. The topological polar surface area (TPSA) is 41.8 Å². The first kappa shape index (κ1) is 10.7. The Labute approximate surface area is 88.1 Å². The number of nitrogens with zero attached hydrogens (tertiary/aromatic N) is 1. The zero-order chi connectivity index (χ0) is 10.4. The number of phenolic OH excluding ortho intramolecular Hbond substituents is 1. The first-order chi connectivity index (χ1) is 6.77. The van der Waals surface area contributed by atoms with Gasteiger partial charge in [-0.05, 0) is 36.3 Å². The Hall–Kier alpha value is -1.38. The number of phenols is 1. The third kappa shape index (κ3) is 2.83. The van der Waals surface area contributed by atoms with Crippen molar-refractivity contribution in [1.82, 2.24) is 0 Å². The van der Waals surface area contributed by atoms with Crippen LogP contribution in [0.5, 0.6) is 11.5 Å². The molecule has 14 heavy (non-hydrogen) atoms. The monoisotopic (exact) mass is 209 g/mol. The van der Waals surface area contributed by atoms with Crippen LogP contribution in [0.2, 0.25) is 0 Å². The molecular weight excluding hydrogens is 198 g/mol. The highest BCUT2D eigenvalue weighted by molar-refractivity contribution is 7.78. The molecule has 0 aliphatic rings. The van der Waals surface area contributed by atoms with Crippen molar-refractivity contribution in [3.63, 3.8) is 0 Å². The lowest BCUT2D eigenvalue weighted by atomic mass is 10.1. The number of rotatable bonds is 4. The average molecular weight is 209 g/mol. The van der Waals surface area contributed by atoms with Crippen LogP contribution < -0.4 is 4.74 Å². The van der Waals surface area contributed by atoms with Crippen LogP contribution >= 0.6 is 12.2 Å². The van der Waals surface area contributed by atoms with Gasteiger partial charge in [-0.15, -0.1) is 0 Å². The third-order valence-corrected chi connectivity index (χ3v) is 1.95. The minimum atomic E-state index is 0.148. The Bertz CT molecular complexity index is 359. The van der Waals surface area contributed by atoms with E-state index in [1.165, 1.54) is 7.11 Å². The van der Waals surface area contributed by atoms with Gasteiger partial charge in [0.25, 0.3) is 0 Å². The van der Waals surface area contributed by atoms with Crippen LogP contribution in [0.1, 0.15) is 5.56 Å². The first-order valence-corrected chi connectivity index (χ1v) is 4.58. The van der Waals surface area contributed by atoms with Crippen molar-refractivity contribution in [2.75, 3.05) is 13.7 Å². The van der Waals surface area contributed by atoms with Crippen LogP contribution in [-0.4, -0.2) is 23.9 Å². The fraction of sp³-hybridized carbons (Fsp3) is 0.300. The molecule has 0 saturated heterocycles. The number of hydrogen-bond acceptors (Lipinski definition) is 4. The van der Waals surface area contributed by atoms with Crippen molar-refractivity contribution >= 4 is 17.4 Å². The van der Waals surface area contributed by atoms with Crippen molar-refractivity contribution in [1.29, 1.82) is 0 Å². The molecule has 1 rings (SSSR count). The molecule has 0 aromatic heterocycles. The molecule has 0 radical (unpaired) electrons.